The Labute approximate surface area is 401 Å². The second-order valence-corrected chi connectivity index (χ2v) is 17.7. The molecular formula is C66H45N3. The Balaban J connectivity index is 0.962. The van der Waals surface area contributed by atoms with Gasteiger partial charge in [0.2, 0.25) is 0 Å². The van der Waals surface area contributed by atoms with Gasteiger partial charge in [0.15, 0.2) is 0 Å². The monoisotopic (exact) mass is 879 g/mol. The predicted octanol–water partition coefficient (Wildman–Crippen LogP) is 18.0. The molecule has 3 heteroatoms. The second kappa shape index (κ2) is 16.9. The molecule has 0 radical (unpaired) electrons. The molecule has 11 aromatic carbocycles. The lowest BCUT2D eigenvalue weighted by atomic mass is 9.98. The zero-order valence-electron chi connectivity index (χ0n) is 37.8. The molecule has 2 aromatic heterocycles. The van der Waals surface area contributed by atoms with Gasteiger partial charge in [-0.3, -0.25) is 0 Å². The number of benzene rings is 11. The summed E-state index contributed by atoms with van der Waals surface area (Å²) in [6.45, 7) is 0. The van der Waals surface area contributed by atoms with Crippen molar-refractivity contribution in [2.75, 3.05) is 4.90 Å². The molecular weight excluding hydrogens is 835 g/mol. The fraction of sp³-hybridized carbons (Fsp3) is 0. The normalized spacial score (nSPS) is 11.5. The lowest BCUT2D eigenvalue weighted by Crippen LogP contribution is -2.10. The molecule has 2 heterocycles. The van der Waals surface area contributed by atoms with Gasteiger partial charge < -0.3 is 14.0 Å². The number of hydrogen-bond acceptors (Lipinski definition) is 1. The van der Waals surface area contributed by atoms with Crippen molar-refractivity contribution in [2.24, 2.45) is 0 Å². The van der Waals surface area contributed by atoms with Gasteiger partial charge >= 0.3 is 0 Å². The van der Waals surface area contributed by atoms with Gasteiger partial charge in [-0.15, -0.1) is 0 Å². The standard InChI is InChI=1S/C66H45N3/c1-4-18-46(19-5-1)48-34-39-53(40-35-48)67(54-41-36-49(37-42-54)47-20-6-2-7-21-47)55-25-16-22-50(44-55)56-26-10-13-30-61(56)69-62-31-14-11-27-58(62)59-43-38-51(45-65(59)69)57-29-17-33-64-66(57)60-28-12-15-32-63(60)68(64)52-23-8-3-9-24-52/h1-45H. The maximum atomic E-state index is 2.48. The number of nitrogens with zero attached hydrogens (tertiary/aromatic N) is 3. The van der Waals surface area contributed by atoms with Crippen molar-refractivity contribution in [3.63, 3.8) is 0 Å². The first-order valence-electron chi connectivity index (χ1n) is 23.7. The van der Waals surface area contributed by atoms with Crippen LogP contribution >= 0.6 is 0 Å². The molecule has 69 heavy (non-hydrogen) atoms. The van der Waals surface area contributed by atoms with Crippen LogP contribution in [0.1, 0.15) is 0 Å². The van der Waals surface area contributed by atoms with E-state index in [0.717, 1.165) is 39.6 Å². The van der Waals surface area contributed by atoms with E-state index in [1.165, 1.54) is 77.0 Å². The highest BCUT2D eigenvalue weighted by molar-refractivity contribution is 6.17. The van der Waals surface area contributed by atoms with Gasteiger partial charge in [0.05, 0.1) is 27.8 Å². The van der Waals surface area contributed by atoms with Crippen LogP contribution in [0.15, 0.2) is 273 Å². The predicted molar refractivity (Wildman–Crippen MR) is 292 cm³/mol. The average Bonchev–Trinajstić information content (AvgIpc) is 3.95. The van der Waals surface area contributed by atoms with Crippen molar-refractivity contribution >= 4 is 60.7 Å². The maximum absolute atomic E-state index is 2.48. The molecule has 13 aromatic rings. The summed E-state index contributed by atoms with van der Waals surface area (Å²) >= 11 is 0. The minimum Gasteiger partial charge on any atom is -0.310 e. The van der Waals surface area contributed by atoms with E-state index < -0.39 is 0 Å². The highest BCUT2D eigenvalue weighted by Crippen LogP contribution is 2.44. The molecule has 0 saturated heterocycles. The van der Waals surface area contributed by atoms with Crippen molar-refractivity contribution in [3.05, 3.63) is 273 Å². The summed E-state index contributed by atoms with van der Waals surface area (Å²) in [6, 6.07) is 99.1. The second-order valence-electron chi connectivity index (χ2n) is 17.7. The lowest BCUT2D eigenvalue weighted by molar-refractivity contribution is 1.18. The highest BCUT2D eigenvalue weighted by atomic mass is 15.1. The number of aromatic nitrogens is 2. The average molecular weight is 880 g/mol. The molecule has 0 saturated carbocycles. The minimum absolute atomic E-state index is 1.08. The Kier molecular flexibility index (Phi) is 9.84. The third-order valence-corrected chi connectivity index (χ3v) is 13.7. The Morgan fingerprint density at radius 2 is 0.710 bits per heavy atom. The molecule has 13 rings (SSSR count). The summed E-state index contributed by atoms with van der Waals surface area (Å²) < 4.78 is 4.88. The highest BCUT2D eigenvalue weighted by Gasteiger charge is 2.21. The first-order chi connectivity index (χ1) is 34.2. The molecule has 0 aliphatic rings. The van der Waals surface area contributed by atoms with Gasteiger partial charge in [0.1, 0.15) is 0 Å². The Hall–Kier alpha value is -9.18. The minimum atomic E-state index is 1.08. The summed E-state index contributed by atoms with van der Waals surface area (Å²) in [6.07, 6.45) is 0. The van der Waals surface area contributed by atoms with Gasteiger partial charge in [0.25, 0.3) is 0 Å². The van der Waals surface area contributed by atoms with E-state index in [-0.39, 0.29) is 0 Å². The van der Waals surface area contributed by atoms with Crippen LogP contribution in [0, 0.1) is 0 Å². The first-order valence-corrected chi connectivity index (χ1v) is 23.7. The van der Waals surface area contributed by atoms with Gasteiger partial charge in [-0.05, 0) is 118 Å². The van der Waals surface area contributed by atoms with Gasteiger partial charge in [-0.1, -0.05) is 194 Å². The Morgan fingerprint density at radius 3 is 1.39 bits per heavy atom. The molecule has 3 nitrogen and oxygen atoms in total. The first kappa shape index (κ1) is 40.1. The molecule has 0 unspecified atom stereocenters. The van der Waals surface area contributed by atoms with Crippen LogP contribution in [0.5, 0.6) is 0 Å². The van der Waals surface area contributed by atoms with Crippen molar-refractivity contribution < 1.29 is 0 Å². The quantitative estimate of drug-likeness (QED) is 0.141. The van der Waals surface area contributed by atoms with E-state index >= 15 is 0 Å². The Bertz CT molecular complexity index is 3900. The maximum Gasteiger partial charge on any atom is 0.0547 e. The lowest BCUT2D eigenvalue weighted by Gasteiger charge is -2.27. The van der Waals surface area contributed by atoms with E-state index in [9.17, 15) is 0 Å². The van der Waals surface area contributed by atoms with Gasteiger partial charge in [0, 0.05) is 49.9 Å². The molecule has 0 amide bonds. The van der Waals surface area contributed by atoms with E-state index in [1.54, 1.807) is 0 Å². The van der Waals surface area contributed by atoms with Gasteiger partial charge in [-0.2, -0.15) is 0 Å². The van der Waals surface area contributed by atoms with E-state index in [0.29, 0.717) is 0 Å². The van der Waals surface area contributed by atoms with Crippen LogP contribution in [0.2, 0.25) is 0 Å². The third-order valence-electron chi connectivity index (χ3n) is 13.7. The number of fused-ring (bicyclic) bond motifs is 6. The summed E-state index contributed by atoms with van der Waals surface area (Å²) in [4.78, 5) is 2.37. The van der Waals surface area contributed by atoms with Crippen LogP contribution in [0.3, 0.4) is 0 Å². The van der Waals surface area contributed by atoms with Crippen LogP contribution in [0.4, 0.5) is 17.1 Å². The summed E-state index contributed by atoms with van der Waals surface area (Å²) in [5, 5.41) is 4.95. The molecule has 0 atom stereocenters. The molecule has 0 bridgehead atoms. The van der Waals surface area contributed by atoms with Crippen LogP contribution in [0.25, 0.3) is 99.5 Å². The summed E-state index contributed by atoms with van der Waals surface area (Å²) in [5.41, 5.74) is 19.7. The number of para-hydroxylation sites is 4. The number of rotatable bonds is 9. The number of hydrogen-bond donors (Lipinski definition) is 0. The Morgan fingerprint density at radius 1 is 0.246 bits per heavy atom. The van der Waals surface area contributed by atoms with Crippen molar-refractivity contribution in [1.82, 2.24) is 9.13 Å². The fourth-order valence-electron chi connectivity index (χ4n) is 10.6. The van der Waals surface area contributed by atoms with Crippen molar-refractivity contribution in [3.8, 4) is 55.9 Å². The smallest absolute Gasteiger partial charge is 0.0547 e. The summed E-state index contributed by atoms with van der Waals surface area (Å²) in [5.74, 6) is 0. The number of anilines is 3. The van der Waals surface area contributed by atoms with Gasteiger partial charge in [-0.25, -0.2) is 0 Å². The SMILES string of the molecule is c1ccc(-c2ccc(N(c3ccc(-c4ccccc4)cc3)c3cccc(-c4ccccc4-n4c5ccccc5c5ccc(-c6cccc7c6c6ccccc6n7-c6ccccc6)cc54)c3)cc2)cc1. The zero-order chi connectivity index (χ0) is 45.7. The third kappa shape index (κ3) is 6.99. The molecule has 0 N–H and O–H groups in total. The zero-order valence-corrected chi connectivity index (χ0v) is 37.8. The molecule has 0 spiro atoms. The van der Waals surface area contributed by atoms with E-state index in [4.69, 9.17) is 0 Å². The topological polar surface area (TPSA) is 13.1 Å². The van der Waals surface area contributed by atoms with E-state index in [1.807, 2.05) is 0 Å². The fourth-order valence-corrected chi connectivity index (χ4v) is 10.6. The van der Waals surface area contributed by atoms with Crippen LogP contribution in [-0.2, 0) is 0 Å². The van der Waals surface area contributed by atoms with Crippen molar-refractivity contribution in [2.45, 2.75) is 0 Å². The van der Waals surface area contributed by atoms with Crippen LogP contribution < -0.4 is 4.90 Å². The molecule has 0 fully saturated rings. The van der Waals surface area contributed by atoms with Crippen LogP contribution in [-0.4, -0.2) is 9.13 Å². The summed E-state index contributed by atoms with van der Waals surface area (Å²) in [7, 11) is 0. The largest absolute Gasteiger partial charge is 0.310 e. The molecule has 324 valence electrons. The molecule has 0 aliphatic carbocycles. The van der Waals surface area contributed by atoms with E-state index in [2.05, 4.69) is 287 Å². The van der Waals surface area contributed by atoms with Crippen molar-refractivity contribution in [1.29, 1.82) is 0 Å². The molecule has 0 aliphatic heterocycles.